The molecule has 3 rings (SSSR count). The second kappa shape index (κ2) is 27.1. The number of aliphatic hydroxyl groups is 2. The van der Waals surface area contributed by atoms with E-state index in [9.17, 15) is 57.9 Å². The number of anilines is 1. The largest absolute Gasteiger partial charge is 0.790 e. The number of aliphatic hydroxyl groups excluding tert-OH is 2. The van der Waals surface area contributed by atoms with Crippen LogP contribution in [0.15, 0.2) is 37.0 Å². The smallest absolute Gasteiger partial charge is 0.274 e. The second-order valence-corrected chi connectivity index (χ2v) is 20.7. The van der Waals surface area contributed by atoms with E-state index >= 15 is 0 Å². The molecule has 1 saturated heterocycles. The van der Waals surface area contributed by atoms with Crippen LogP contribution in [0, 0.1) is 5.41 Å². The number of amides is 2. The van der Waals surface area contributed by atoms with Crippen molar-refractivity contribution in [1.82, 2.24) is 30.2 Å². The van der Waals surface area contributed by atoms with Gasteiger partial charge in [0.15, 0.2) is 17.7 Å². The Morgan fingerprint density at radius 3 is 2.26 bits per heavy atom. The monoisotopic (exact) mass is 997 g/mol. The molecule has 6 N–H and O–H groups in total. The number of fused-ring (bicyclic) bond motifs is 1. The van der Waals surface area contributed by atoms with Crippen LogP contribution in [-0.2, 0) is 50.7 Å². The minimum atomic E-state index is -5.92. The van der Waals surface area contributed by atoms with Gasteiger partial charge in [0.05, 0.1) is 27.4 Å². The molecular weight excluding hydrogens is 939 g/mol. The molecule has 1 fully saturated rings. The van der Waals surface area contributed by atoms with E-state index in [4.69, 9.17) is 10.5 Å². The van der Waals surface area contributed by atoms with Crippen molar-refractivity contribution in [3.05, 3.63) is 37.0 Å². The molecule has 1 aliphatic heterocycles. The topological polar surface area (TPSA) is 375 Å². The summed E-state index contributed by atoms with van der Waals surface area (Å²) in [7, 11) is -17.6. The van der Waals surface area contributed by atoms with E-state index in [1.807, 2.05) is 6.08 Å². The van der Waals surface area contributed by atoms with E-state index in [2.05, 4.69) is 62.5 Å². The molecule has 28 heteroatoms. The van der Waals surface area contributed by atoms with Gasteiger partial charge in [0.25, 0.3) is 15.6 Å². The highest BCUT2D eigenvalue weighted by Crippen LogP contribution is 2.56. The van der Waals surface area contributed by atoms with Gasteiger partial charge in [-0.1, -0.05) is 76.4 Å². The van der Waals surface area contributed by atoms with E-state index in [0.717, 1.165) is 67.5 Å². The van der Waals surface area contributed by atoms with Gasteiger partial charge in [0.2, 0.25) is 16.9 Å². The average Bonchev–Trinajstić information content (AvgIpc) is 3.79. The van der Waals surface area contributed by atoms with Crippen LogP contribution in [0.25, 0.3) is 11.2 Å². The Balaban J connectivity index is 1.35. The molecule has 0 bridgehead atoms. The van der Waals surface area contributed by atoms with Gasteiger partial charge >= 0.3 is 0 Å². The molecule has 24 nitrogen and oxygen atoms in total. The summed E-state index contributed by atoms with van der Waals surface area (Å²) < 4.78 is 60.7. The fourth-order valence-corrected chi connectivity index (χ4v) is 9.45. The van der Waals surface area contributed by atoms with Gasteiger partial charge in [-0.25, -0.2) is 19.3 Å². The summed E-state index contributed by atoms with van der Waals surface area (Å²) in [5.74, 6) is -1.22. The van der Waals surface area contributed by atoms with Gasteiger partial charge < -0.3 is 69.0 Å². The zero-order valence-corrected chi connectivity index (χ0v) is 39.8. The van der Waals surface area contributed by atoms with Crippen LogP contribution in [0.2, 0.25) is 0 Å². The number of rotatable bonds is 31. The molecule has 3 heterocycles. The van der Waals surface area contributed by atoms with E-state index in [0.29, 0.717) is 5.75 Å². The highest BCUT2D eigenvalue weighted by atomic mass is 32.2. The molecule has 7 atom stereocenters. The number of phosphoric acid groups is 3. The Hall–Kier alpha value is -2.96. The van der Waals surface area contributed by atoms with E-state index < -0.39 is 84.6 Å². The van der Waals surface area contributed by atoms with Gasteiger partial charge in [0.1, 0.15) is 36.3 Å². The van der Waals surface area contributed by atoms with Gasteiger partial charge in [-0.3, -0.25) is 28.1 Å². The van der Waals surface area contributed by atoms with Gasteiger partial charge in [0, 0.05) is 30.7 Å². The first-order valence-electron chi connectivity index (χ1n) is 20.9. The predicted octanol–water partition coefficient (Wildman–Crippen LogP) is 1.17. The quantitative estimate of drug-likeness (QED) is 0.0306. The minimum absolute atomic E-state index is 0.0206. The van der Waals surface area contributed by atoms with Crippen LogP contribution in [0.1, 0.15) is 97.6 Å². The number of phosphoric ester groups is 3. The maximum Gasteiger partial charge on any atom is 0.274 e. The number of allylic oxidation sites excluding steroid dienone is 3. The van der Waals surface area contributed by atoms with Gasteiger partial charge in [-0.15, -0.1) is 0 Å². The normalized spacial score (nSPS) is 20.6. The maximum absolute atomic E-state index is 12.6. The number of hydrogen-bond donors (Lipinski definition) is 5. The van der Waals surface area contributed by atoms with Crippen molar-refractivity contribution in [1.29, 1.82) is 0 Å². The number of carbonyl (C=O) groups is 3. The molecule has 2 amide bonds. The summed E-state index contributed by atoms with van der Waals surface area (Å²) in [6, 6.07) is 0. The lowest BCUT2D eigenvalue weighted by Crippen LogP contribution is -2.46. The number of nitrogens with zero attached hydrogens (tertiary/aromatic N) is 4. The molecule has 2 unspecified atom stereocenters. The molecule has 0 saturated carbocycles. The van der Waals surface area contributed by atoms with Crippen LogP contribution < -0.4 is 35.9 Å². The Morgan fingerprint density at radius 2 is 1.60 bits per heavy atom. The van der Waals surface area contributed by atoms with Crippen molar-refractivity contribution in [3.8, 4) is 0 Å². The Morgan fingerprint density at radius 1 is 0.954 bits per heavy atom. The molecular formula is C37H58N7O17P3S-4. The van der Waals surface area contributed by atoms with Gasteiger partial charge in [-0.2, -0.15) is 0 Å². The van der Waals surface area contributed by atoms with Crippen LogP contribution >= 0.6 is 35.2 Å². The summed E-state index contributed by atoms with van der Waals surface area (Å²) in [5, 5.41) is 26.2. The van der Waals surface area contributed by atoms with Gasteiger partial charge in [-0.05, 0) is 44.6 Å². The molecule has 0 aliphatic carbocycles. The lowest BCUT2D eigenvalue weighted by atomic mass is 9.87. The Kier molecular flexibility index (Phi) is 23.5. The second-order valence-electron chi connectivity index (χ2n) is 15.5. The maximum atomic E-state index is 12.6. The first-order chi connectivity index (χ1) is 30.6. The van der Waals surface area contributed by atoms with Crippen LogP contribution in [0.5, 0.6) is 0 Å². The van der Waals surface area contributed by atoms with Crippen molar-refractivity contribution in [3.63, 3.8) is 0 Å². The van der Waals surface area contributed by atoms with Crippen molar-refractivity contribution in [2.24, 2.45) is 5.41 Å². The van der Waals surface area contributed by atoms with Crippen molar-refractivity contribution < 1.29 is 80.5 Å². The highest BCUT2D eigenvalue weighted by molar-refractivity contribution is 8.14. The summed E-state index contributed by atoms with van der Waals surface area (Å²) >= 11 is 1.05. The molecule has 1 aliphatic rings. The minimum Gasteiger partial charge on any atom is -0.790 e. The fourth-order valence-electron chi connectivity index (χ4n) is 6.11. The molecule has 0 radical (unpaired) electrons. The lowest BCUT2D eigenvalue weighted by Gasteiger charge is -2.36. The number of aromatic nitrogens is 4. The number of nitrogens with one attached hydrogen (secondary N) is 2. The average molecular weight is 998 g/mol. The zero-order valence-electron chi connectivity index (χ0n) is 36.3. The lowest BCUT2D eigenvalue weighted by molar-refractivity contribution is -0.347. The third kappa shape index (κ3) is 20.4. The molecule has 0 aromatic carbocycles. The zero-order chi connectivity index (χ0) is 48.3. The Labute approximate surface area is 381 Å². The SMILES string of the molecule is CCCCCC/C=C\CCCCC/C=C/C(=O)SCCNC(=O)CCNC(=O)[C@H](O)C(C)(C)COP(=O)([O-])OP(=O)([O-])OC[C@H]1O[C@@H](n2cnc3c(N)ncnc32)[C@H](O)[C@@H]1OP(=O)([O-])[O-]. The number of ether oxygens (including phenoxy) is 1. The fraction of sp³-hybridized carbons (Fsp3) is 0.676. The third-order valence-electron chi connectivity index (χ3n) is 9.61. The summed E-state index contributed by atoms with van der Waals surface area (Å²) in [6.07, 6.45) is 11.5. The van der Waals surface area contributed by atoms with Crippen LogP contribution in [0.4, 0.5) is 5.82 Å². The number of carbonyl (C=O) groups excluding carboxylic acids is 3. The summed E-state index contributed by atoms with van der Waals surface area (Å²) in [6.45, 7) is 2.30. The van der Waals surface area contributed by atoms with E-state index in [1.165, 1.54) is 45.6 Å². The molecule has 368 valence electrons. The van der Waals surface area contributed by atoms with Crippen molar-refractivity contribution in [2.45, 2.75) is 122 Å². The number of hydrogen-bond acceptors (Lipinski definition) is 22. The third-order valence-corrected chi connectivity index (χ3v) is 13.4. The number of imidazole rings is 1. The molecule has 0 spiro atoms. The summed E-state index contributed by atoms with van der Waals surface area (Å²) in [4.78, 5) is 96.6. The van der Waals surface area contributed by atoms with E-state index in [1.54, 1.807) is 0 Å². The number of thioether (sulfide) groups is 1. The Bertz CT molecular complexity index is 2050. The predicted molar refractivity (Wildman–Crippen MR) is 228 cm³/mol. The standard InChI is InChI=1S/C37H62N7O17P3S/c1-4-5-6-7-8-9-10-11-12-13-14-15-16-17-28(46)65-21-20-39-27(45)18-19-40-35(49)32(48)37(2,3)23-58-64(55,56)61-63(53,54)57-22-26-31(60-62(50,51)52)30(47)36(59-26)44-25-43-29-33(38)41-24-42-34(29)44/h9-10,16-17,24-26,30-32,36,47-48H,4-8,11-15,18-23H2,1-3H3,(H,39,45)(H,40,49)(H,53,54)(H,55,56)(H2,38,41,42)(H2,50,51,52)/p-4/b10-9-,17-16+/t26-,30-,31-,32+,36-/m1/s1. The first-order valence-corrected chi connectivity index (χ1v) is 26.2. The highest BCUT2D eigenvalue weighted by Gasteiger charge is 2.47. The molecule has 65 heavy (non-hydrogen) atoms. The molecule has 2 aromatic rings. The van der Waals surface area contributed by atoms with E-state index in [-0.39, 0.29) is 41.6 Å². The van der Waals surface area contributed by atoms with Crippen LogP contribution in [-0.4, -0.2) is 103 Å². The first kappa shape index (κ1) is 56.4. The number of nitrogens with two attached hydrogens (primary N) is 1. The number of unbranched alkanes of at least 4 members (excludes halogenated alkanes) is 8. The summed E-state index contributed by atoms with van der Waals surface area (Å²) in [5.41, 5.74) is 4.08. The van der Waals surface area contributed by atoms with Crippen molar-refractivity contribution >= 4 is 69.1 Å². The molecule has 2 aromatic heterocycles. The van der Waals surface area contributed by atoms with Crippen molar-refractivity contribution in [2.75, 3.05) is 37.8 Å². The van der Waals surface area contributed by atoms with Crippen LogP contribution in [0.3, 0.4) is 0 Å². The number of nitrogen functional groups attached to an aromatic ring is 1.